The highest BCUT2D eigenvalue weighted by molar-refractivity contribution is 6.00. The molecule has 0 bridgehead atoms. The zero-order valence-electron chi connectivity index (χ0n) is 16.6. The molecule has 1 aromatic heterocycles. The number of carbonyl (C=O) groups excluding carboxylic acids is 1. The molecule has 1 N–H and O–H groups in total. The lowest BCUT2D eigenvalue weighted by atomic mass is 10.0. The van der Waals surface area contributed by atoms with Gasteiger partial charge < -0.3 is 9.84 Å². The summed E-state index contributed by atoms with van der Waals surface area (Å²) in [6.45, 7) is 0.377. The smallest absolute Gasteiger partial charge is 0.328 e. The number of rotatable bonds is 8. The van der Waals surface area contributed by atoms with Crippen LogP contribution in [0.1, 0.15) is 21.5 Å². The van der Waals surface area contributed by atoms with E-state index >= 15 is 0 Å². The van der Waals surface area contributed by atoms with Crippen molar-refractivity contribution < 1.29 is 19.4 Å². The molecule has 0 unspecified atom stereocenters. The standard InChI is InChI=1S/C25H20N2O4/c28-23(22-9-8-19-4-1-2-5-21(19)15-22)17-31-24-14-18(16-27-13-3-12-26-27)6-7-20(24)10-11-25(29)30/h1-15H,16-17H2,(H,29,30)/b11-10+. The third-order valence-electron chi connectivity index (χ3n) is 4.82. The Balaban J connectivity index is 1.55. The van der Waals surface area contributed by atoms with E-state index < -0.39 is 5.97 Å². The number of aromatic nitrogens is 2. The number of ketones is 1. The van der Waals surface area contributed by atoms with Crippen LogP contribution in [0.2, 0.25) is 0 Å². The molecule has 0 spiro atoms. The number of carboxylic acids is 1. The quantitative estimate of drug-likeness (QED) is 0.342. The summed E-state index contributed by atoms with van der Waals surface area (Å²) in [5.74, 6) is -0.772. The number of ether oxygens (including phenoxy) is 1. The van der Waals surface area contributed by atoms with Gasteiger partial charge in [-0.15, -0.1) is 0 Å². The summed E-state index contributed by atoms with van der Waals surface area (Å²) >= 11 is 0. The highest BCUT2D eigenvalue weighted by atomic mass is 16.5. The molecule has 154 valence electrons. The molecular formula is C25H20N2O4. The van der Waals surface area contributed by atoms with Crippen LogP contribution in [0.25, 0.3) is 16.8 Å². The summed E-state index contributed by atoms with van der Waals surface area (Å²) in [5.41, 5.74) is 2.07. The molecule has 0 saturated carbocycles. The van der Waals surface area contributed by atoms with Crippen LogP contribution < -0.4 is 4.74 Å². The van der Waals surface area contributed by atoms with Crippen molar-refractivity contribution in [2.24, 2.45) is 0 Å². The van der Waals surface area contributed by atoms with Gasteiger partial charge in [-0.2, -0.15) is 5.10 Å². The van der Waals surface area contributed by atoms with E-state index in [4.69, 9.17) is 9.84 Å². The summed E-state index contributed by atoms with van der Waals surface area (Å²) in [4.78, 5) is 23.7. The largest absolute Gasteiger partial charge is 0.485 e. The van der Waals surface area contributed by atoms with E-state index in [-0.39, 0.29) is 12.4 Å². The maximum atomic E-state index is 12.7. The molecule has 0 saturated heterocycles. The summed E-state index contributed by atoms with van der Waals surface area (Å²) < 4.78 is 7.60. The fourth-order valence-electron chi connectivity index (χ4n) is 3.27. The predicted molar refractivity (Wildman–Crippen MR) is 118 cm³/mol. The first-order chi connectivity index (χ1) is 15.1. The first kappa shape index (κ1) is 20.1. The third kappa shape index (κ3) is 5.05. The van der Waals surface area contributed by atoms with E-state index in [1.807, 2.05) is 54.7 Å². The Labute approximate surface area is 179 Å². The maximum absolute atomic E-state index is 12.7. The van der Waals surface area contributed by atoms with Crippen molar-refractivity contribution in [2.45, 2.75) is 6.54 Å². The van der Waals surface area contributed by atoms with Gasteiger partial charge in [0, 0.05) is 29.6 Å². The fourth-order valence-corrected chi connectivity index (χ4v) is 3.27. The number of benzene rings is 3. The minimum atomic E-state index is -1.06. The number of nitrogens with zero attached hydrogens (tertiary/aromatic N) is 2. The average molecular weight is 412 g/mol. The van der Waals surface area contributed by atoms with Crippen LogP contribution in [0, 0.1) is 0 Å². The van der Waals surface area contributed by atoms with Crippen molar-refractivity contribution in [3.8, 4) is 5.75 Å². The van der Waals surface area contributed by atoms with Gasteiger partial charge in [0.1, 0.15) is 5.75 Å². The molecule has 0 atom stereocenters. The lowest BCUT2D eigenvalue weighted by molar-refractivity contribution is -0.131. The van der Waals surface area contributed by atoms with Gasteiger partial charge in [0.15, 0.2) is 12.4 Å². The molecule has 0 aliphatic rings. The van der Waals surface area contributed by atoms with Gasteiger partial charge in [0.25, 0.3) is 0 Å². The van der Waals surface area contributed by atoms with Crippen LogP contribution in [0.15, 0.2) is 85.2 Å². The third-order valence-corrected chi connectivity index (χ3v) is 4.82. The monoisotopic (exact) mass is 412 g/mol. The van der Waals surface area contributed by atoms with Crippen molar-refractivity contribution in [1.29, 1.82) is 0 Å². The number of aliphatic carboxylic acids is 1. The Bertz CT molecular complexity index is 1260. The highest BCUT2D eigenvalue weighted by Gasteiger charge is 2.11. The van der Waals surface area contributed by atoms with Gasteiger partial charge >= 0.3 is 5.97 Å². The molecule has 6 nitrogen and oxygen atoms in total. The van der Waals surface area contributed by atoms with Crippen molar-refractivity contribution in [3.05, 3.63) is 102 Å². The van der Waals surface area contributed by atoms with E-state index in [9.17, 15) is 9.59 Å². The molecule has 6 heteroatoms. The molecule has 31 heavy (non-hydrogen) atoms. The highest BCUT2D eigenvalue weighted by Crippen LogP contribution is 2.23. The Hall–Kier alpha value is -4.19. The second kappa shape index (κ2) is 9.09. The van der Waals surface area contributed by atoms with Crippen LogP contribution in [0.4, 0.5) is 0 Å². The van der Waals surface area contributed by atoms with E-state index in [0.29, 0.717) is 23.4 Å². The summed E-state index contributed by atoms with van der Waals surface area (Å²) in [6, 6.07) is 20.7. The Morgan fingerprint density at radius 1 is 1.00 bits per heavy atom. The maximum Gasteiger partial charge on any atom is 0.328 e. The summed E-state index contributed by atoms with van der Waals surface area (Å²) in [5, 5.41) is 15.2. The van der Waals surface area contributed by atoms with E-state index in [1.54, 1.807) is 29.1 Å². The second-order valence-corrected chi connectivity index (χ2v) is 7.02. The zero-order chi connectivity index (χ0) is 21.6. The molecule has 1 heterocycles. The number of fused-ring (bicyclic) bond motifs is 1. The van der Waals surface area contributed by atoms with Crippen LogP contribution in [-0.2, 0) is 11.3 Å². The minimum Gasteiger partial charge on any atom is -0.485 e. The number of Topliss-reactive ketones (excluding diaryl/α,β-unsaturated/α-hetero) is 1. The molecule has 4 aromatic rings. The Morgan fingerprint density at radius 2 is 1.84 bits per heavy atom. The minimum absolute atomic E-state index is 0.155. The second-order valence-electron chi connectivity index (χ2n) is 7.02. The molecule has 0 amide bonds. The molecule has 0 radical (unpaired) electrons. The molecule has 0 aliphatic heterocycles. The van der Waals surface area contributed by atoms with Crippen LogP contribution in [-0.4, -0.2) is 33.2 Å². The molecule has 0 aliphatic carbocycles. The lowest BCUT2D eigenvalue weighted by Crippen LogP contribution is -2.12. The van der Waals surface area contributed by atoms with Gasteiger partial charge in [-0.25, -0.2) is 4.79 Å². The van der Waals surface area contributed by atoms with Gasteiger partial charge in [-0.3, -0.25) is 9.48 Å². The van der Waals surface area contributed by atoms with Crippen molar-refractivity contribution >= 4 is 28.6 Å². The van der Waals surface area contributed by atoms with Crippen molar-refractivity contribution in [2.75, 3.05) is 6.61 Å². The first-order valence-electron chi connectivity index (χ1n) is 9.75. The van der Waals surface area contributed by atoms with Gasteiger partial charge in [-0.1, -0.05) is 48.5 Å². The SMILES string of the molecule is O=C(O)/C=C/c1ccc(Cn2cccn2)cc1OCC(=O)c1ccc2ccccc2c1. The van der Waals surface area contributed by atoms with Crippen molar-refractivity contribution in [3.63, 3.8) is 0 Å². The molecule has 3 aromatic carbocycles. The average Bonchev–Trinajstić information content (AvgIpc) is 3.29. The van der Waals surface area contributed by atoms with Crippen molar-refractivity contribution in [1.82, 2.24) is 9.78 Å². The zero-order valence-corrected chi connectivity index (χ0v) is 16.6. The molecular weight excluding hydrogens is 392 g/mol. The van der Waals surface area contributed by atoms with Gasteiger partial charge in [-0.05, 0) is 40.6 Å². The topological polar surface area (TPSA) is 81.4 Å². The summed E-state index contributed by atoms with van der Waals surface area (Å²) in [7, 11) is 0. The van der Waals surface area contributed by atoms with Crippen LogP contribution >= 0.6 is 0 Å². The predicted octanol–water partition coefficient (Wildman–Crippen LogP) is 4.44. The Kier molecular flexibility index (Phi) is 5.89. The number of carbonyl (C=O) groups is 2. The Morgan fingerprint density at radius 3 is 2.61 bits per heavy atom. The fraction of sp³-hybridized carbons (Fsp3) is 0.0800. The normalized spacial score (nSPS) is 11.1. The number of hydrogen-bond donors (Lipinski definition) is 1. The number of carboxylic acid groups (broad SMARTS) is 1. The van der Waals surface area contributed by atoms with E-state index in [0.717, 1.165) is 22.4 Å². The van der Waals surface area contributed by atoms with Crippen LogP contribution in [0.3, 0.4) is 0 Å². The lowest BCUT2D eigenvalue weighted by Gasteiger charge is -2.12. The van der Waals surface area contributed by atoms with Crippen LogP contribution in [0.5, 0.6) is 5.75 Å². The first-order valence-corrected chi connectivity index (χ1v) is 9.75. The molecule has 4 rings (SSSR count). The van der Waals surface area contributed by atoms with Gasteiger partial charge in [0.2, 0.25) is 0 Å². The van der Waals surface area contributed by atoms with E-state index in [1.165, 1.54) is 6.08 Å². The van der Waals surface area contributed by atoms with E-state index in [2.05, 4.69) is 5.10 Å². The molecule has 0 fully saturated rings. The summed E-state index contributed by atoms with van der Waals surface area (Å²) in [6.07, 6.45) is 6.04. The number of hydrogen-bond acceptors (Lipinski definition) is 4. The van der Waals surface area contributed by atoms with Gasteiger partial charge in [0.05, 0.1) is 6.54 Å².